The second kappa shape index (κ2) is 3.92. The Labute approximate surface area is 90.3 Å². The Kier molecular flexibility index (Phi) is 2.80. The molecule has 0 heterocycles. The fraction of sp³-hybridized carbons (Fsp3) is 0.500. The van der Waals surface area contributed by atoms with Gasteiger partial charge in [0, 0.05) is 11.1 Å². The van der Waals surface area contributed by atoms with Gasteiger partial charge in [0.05, 0.1) is 0 Å². The monoisotopic (exact) mass is 209 g/mol. The molecule has 1 atom stereocenters. The standard InChI is InChI=1S/C12H16ClN/c1-8-3-2-4-10(13)12(8)11(14)7-9-5-6-9/h2-4,9,11H,5-7,14H2,1H3/t11-/m1/s1. The molecule has 2 N–H and O–H groups in total. The van der Waals surface area contributed by atoms with Gasteiger partial charge >= 0.3 is 0 Å². The minimum absolute atomic E-state index is 0.121. The van der Waals surface area contributed by atoms with E-state index >= 15 is 0 Å². The first-order chi connectivity index (χ1) is 6.68. The van der Waals surface area contributed by atoms with Gasteiger partial charge in [-0.1, -0.05) is 36.6 Å². The first-order valence-corrected chi connectivity index (χ1v) is 5.57. The summed E-state index contributed by atoms with van der Waals surface area (Å²) in [7, 11) is 0. The summed E-state index contributed by atoms with van der Waals surface area (Å²) in [5.41, 5.74) is 8.51. The van der Waals surface area contributed by atoms with E-state index in [0.717, 1.165) is 22.9 Å². The summed E-state index contributed by atoms with van der Waals surface area (Å²) in [6.45, 7) is 2.08. The van der Waals surface area contributed by atoms with Crippen molar-refractivity contribution >= 4 is 11.6 Å². The maximum Gasteiger partial charge on any atom is 0.0456 e. The van der Waals surface area contributed by atoms with Crippen molar-refractivity contribution in [1.82, 2.24) is 0 Å². The predicted molar refractivity (Wildman–Crippen MR) is 60.5 cm³/mol. The molecule has 1 aromatic carbocycles. The molecule has 0 spiro atoms. The molecule has 76 valence electrons. The van der Waals surface area contributed by atoms with E-state index in [1.165, 1.54) is 18.4 Å². The summed E-state index contributed by atoms with van der Waals surface area (Å²) in [5, 5.41) is 0.818. The Morgan fingerprint density at radius 2 is 2.21 bits per heavy atom. The molecule has 0 unspecified atom stereocenters. The van der Waals surface area contributed by atoms with Crippen LogP contribution in [-0.2, 0) is 0 Å². The van der Waals surface area contributed by atoms with Crippen LogP contribution >= 0.6 is 11.6 Å². The van der Waals surface area contributed by atoms with Gasteiger partial charge < -0.3 is 5.73 Å². The second-order valence-electron chi connectivity index (χ2n) is 4.26. The van der Waals surface area contributed by atoms with Crippen molar-refractivity contribution in [3.05, 3.63) is 34.3 Å². The number of halogens is 1. The molecule has 0 aromatic heterocycles. The van der Waals surface area contributed by atoms with Gasteiger partial charge in [0.15, 0.2) is 0 Å². The number of benzene rings is 1. The van der Waals surface area contributed by atoms with Gasteiger partial charge in [-0.2, -0.15) is 0 Å². The van der Waals surface area contributed by atoms with E-state index in [2.05, 4.69) is 13.0 Å². The van der Waals surface area contributed by atoms with Crippen LogP contribution in [0.2, 0.25) is 5.02 Å². The van der Waals surface area contributed by atoms with E-state index in [9.17, 15) is 0 Å². The van der Waals surface area contributed by atoms with Crippen molar-refractivity contribution in [2.24, 2.45) is 11.7 Å². The minimum Gasteiger partial charge on any atom is -0.324 e. The minimum atomic E-state index is 0.121. The highest BCUT2D eigenvalue weighted by molar-refractivity contribution is 6.31. The van der Waals surface area contributed by atoms with Gasteiger partial charge in [-0.15, -0.1) is 0 Å². The zero-order valence-corrected chi connectivity index (χ0v) is 9.22. The number of nitrogens with two attached hydrogens (primary N) is 1. The van der Waals surface area contributed by atoms with Gasteiger partial charge in [-0.25, -0.2) is 0 Å². The summed E-state index contributed by atoms with van der Waals surface area (Å²) in [4.78, 5) is 0. The summed E-state index contributed by atoms with van der Waals surface area (Å²) >= 11 is 6.15. The number of hydrogen-bond acceptors (Lipinski definition) is 1. The number of hydrogen-bond donors (Lipinski definition) is 1. The van der Waals surface area contributed by atoms with E-state index in [0.29, 0.717) is 0 Å². The maximum absolute atomic E-state index is 6.15. The van der Waals surface area contributed by atoms with E-state index < -0.39 is 0 Å². The Morgan fingerprint density at radius 1 is 1.50 bits per heavy atom. The molecule has 1 saturated carbocycles. The van der Waals surface area contributed by atoms with E-state index in [-0.39, 0.29) is 6.04 Å². The Hall–Kier alpha value is -0.530. The molecule has 0 bridgehead atoms. The molecule has 1 aliphatic carbocycles. The van der Waals surface area contributed by atoms with Crippen LogP contribution in [0.3, 0.4) is 0 Å². The third kappa shape index (κ3) is 2.10. The second-order valence-corrected chi connectivity index (χ2v) is 4.66. The average molecular weight is 210 g/mol. The van der Waals surface area contributed by atoms with Crippen LogP contribution in [0.25, 0.3) is 0 Å². The molecule has 1 aliphatic rings. The lowest BCUT2D eigenvalue weighted by molar-refractivity contribution is 0.594. The van der Waals surface area contributed by atoms with Crippen LogP contribution in [0.4, 0.5) is 0 Å². The van der Waals surface area contributed by atoms with Crippen LogP contribution in [0, 0.1) is 12.8 Å². The summed E-state index contributed by atoms with van der Waals surface area (Å²) in [5.74, 6) is 0.848. The van der Waals surface area contributed by atoms with Gasteiger partial charge in [0.25, 0.3) is 0 Å². The van der Waals surface area contributed by atoms with Crippen molar-refractivity contribution in [2.75, 3.05) is 0 Å². The zero-order chi connectivity index (χ0) is 10.1. The lowest BCUT2D eigenvalue weighted by Gasteiger charge is -2.15. The molecule has 0 aliphatic heterocycles. The molecule has 1 nitrogen and oxygen atoms in total. The third-order valence-corrected chi connectivity index (χ3v) is 3.26. The van der Waals surface area contributed by atoms with E-state index in [1.54, 1.807) is 0 Å². The SMILES string of the molecule is Cc1cccc(Cl)c1[C@H](N)CC1CC1. The summed E-state index contributed by atoms with van der Waals surface area (Å²) in [6.07, 6.45) is 3.78. The largest absolute Gasteiger partial charge is 0.324 e. The van der Waals surface area contributed by atoms with Crippen LogP contribution in [0.1, 0.15) is 36.4 Å². The molecule has 1 fully saturated rings. The Bertz CT molecular complexity index is 311. The summed E-state index contributed by atoms with van der Waals surface area (Å²) in [6, 6.07) is 6.10. The van der Waals surface area contributed by atoms with Gasteiger partial charge in [-0.05, 0) is 36.5 Å². The summed E-state index contributed by atoms with van der Waals surface area (Å²) < 4.78 is 0. The van der Waals surface area contributed by atoms with E-state index in [1.807, 2.05) is 12.1 Å². The van der Waals surface area contributed by atoms with Crippen molar-refractivity contribution in [3.63, 3.8) is 0 Å². The smallest absolute Gasteiger partial charge is 0.0456 e. The third-order valence-electron chi connectivity index (χ3n) is 2.93. The van der Waals surface area contributed by atoms with Crippen LogP contribution in [0.5, 0.6) is 0 Å². The molecule has 0 saturated heterocycles. The maximum atomic E-state index is 6.15. The topological polar surface area (TPSA) is 26.0 Å². The lowest BCUT2D eigenvalue weighted by Crippen LogP contribution is -2.13. The fourth-order valence-electron chi connectivity index (χ4n) is 1.94. The molecular weight excluding hydrogens is 194 g/mol. The lowest BCUT2D eigenvalue weighted by atomic mass is 9.98. The molecule has 0 amide bonds. The van der Waals surface area contributed by atoms with E-state index in [4.69, 9.17) is 17.3 Å². The highest BCUT2D eigenvalue weighted by Gasteiger charge is 2.25. The normalized spacial score (nSPS) is 18.2. The van der Waals surface area contributed by atoms with Crippen molar-refractivity contribution < 1.29 is 0 Å². The molecule has 2 heteroatoms. The first-order valence-electron chi connectivity index (χ1n) is 5.19. The van der Waals surface area contributed by atoms with Crippen molar-refractivity contribution in [1.29, 1.82) is 0 Å². The number of rotatable bonds is 3. The zero-order valence-electron chi connectivity index (χ0n) is 8.46. The molecule has 1 aromatic rings. The molecule has 14 heavy (non-hydrogen) atoms. The predicted octanol–water partition coefficient (Wildman–Crippen LogP) is 3.45. The average Bonchev–Trinajstić information content (AvgIpc) is 2.87. The first kappa shape index (κ1) is 10.0. The van der Waals surface area contributed by atoms with Gasteiger partial charge in [-0.3, -0.25) is 0 Å². The Balaban J connectivity index is 2.19. The highest BCUT2D eigenvalue weighted by atomic mass is 35.5. The quantitative estimate of drug-likeness (QED) is 0.811. The van der Waals surface area contributed by atoms with Crippen molar-refractivity contribution in [2.45, 2.75) is 32.2 Å². The van der Waals surface area contributed by atoms with Crippen LogP contribution < -0.4 is 5.73 Å². The Morgan fingerprint density at radius 3 is 2.79 bits per heavy atom. The molecule has 2 rings (SSSR count). The molecule has 0 radical (unpaired) electrons. The van der Waals surface area contributed by atoms with Crippen molar-refractivity contribution in [3.8, 4) is 0 Å². The van der Waals surface area contributed by atoms with Gasteiger partial charge in [0.1, 0.15) is 0 Å². The van der Waals surface area contributed by atoms with Crippen LogP contribution in [0.15, 0.2) is 18.2 Å². The molecular formula is C12H16ClN. The van der Waals surface area contributed by atoms with Gasteiger partial charge in [0.2, 0.25) is 0 Å². The fourth-order valence-corrected chi connectivity index (χ4v) is 2.31. The number of aryl methyl sites for hydroxylation is 1. The highest BCUT2D eigenvalue weighted by Crippen LogP contribution is 2.38. The van der Waals surface area contributed by atoms with Crippen LogP contribution in [-0.4, -0.2) is 0 Å².